The summed E-state index contributed by atoms with van der Waals surface area (Å²) in [6.45, 7) is 0. The van der Waals surface area contributed by atoms with Gasteiger partial charge >= 0.3 is 0 Å². The number of imidazole rings is 1. The zero-order valence-electron chi connectivity index (χ0n) is 12.4. The summed E-state index contributed by atoms with van der Waals surface area (Å²) < 4.78 is 30.7. The van der Waals surface area contributed by atoms with E-state index in [4.69, 9.17) is 0 Å². The maximum atomic E-state index is 14.2. The van der Waals surface area contributed by atoms with Crippen molar-refractivity contribution in [3.63, 3.8) is 0 Å². The van der Waals surface area contributed by atoms with E-state index >= 15 is 0 Å². The van der Waals surface area contributed by atoms with E-state index in [1.807, 2.05) is 0 Å². The summed E-state index contributed by atoms with van der Waals surface area (Å²) in [5, 5.41) is 0.449. The van der Waals surface area contributed by atoms with Gasteiger partial charge in [-0.05, 0) is 30.3 Å². The Morgan fingerprint density at radius 2 is 1.83 bits per heavy atom. The molecule has 4 rings (SSSR count). The summed E-state index contributed by atoms with van der Waals surface area (Å²) in [5.74, 6) is -1.35. The van der Waals surface area contributed by atoms with E-state index in [1.165, 1.54) is 29.0 Å². The molecule has 0 aliphatic rings. The van der Waals surface area contributed by atoms with Gasteiger partial charge in [0.1, 0.15) is 11.6 Å². The smallest absolute Gasteiger partial charge is 0.189 e. The molecule has 2 aromatic carbocycles. The van der Waals surface area contributed by atoms with Crippen molar-refractivity contribution in [3.8, 4) is 11.4 Å². The van der Waals surface area contributed by atoms with Gasteiger partial charge in [-0.1, -0.05) is 0 Å². The molecule has 0 saturated carbocycles. The fourth-order valence-corrected chi connectivity index (χ4v) is 2.70. The number of fused-ring (bicyclic) bond motifs is 1. The Morgan fingerprint density at radius 3 is 2.58 bits per heavy atom. The molecule has 6 heteroatoms. The van der Waals surface area contributed by atoms with Gasteiger partial charge in [0.15, 0.2) is 5.43 Å². The largest absolute Gasteiger partial charge is 0.313 e. The first-order chi connectivity index (χ1) is 11.6. The molecule has 0 atom stereocenters. The van der Waals surface area contributed by atoms with Crippen molar-refractivity contribution in [2.75, 3.05) is 0 Å². The molecule has 0 amide bonds. The molecule has 0 fully saturated rings. The second-order valence-corrected chi connectivity index (χ2v) is 5.32. The van der Waals surface area contributed by atoms with Crippen molar-refractivity contribution in [2.45, 2.75) is 0 Å². The number of pyridine rings is 1. The van der Waals surface area contributed by atoms with Gasteiger partial charge in [0, 0.05) is 41.8 Å². The van der Waals surface area contributed by atoms with Crippen LogP contribution in [0.1, 0.15) is 0 Å². The molecular formula is C18H11F2N3O. The first-order valence-corrected chi connectivity index (χ1v) is 7.23. The Hall–Kier alpha value is -3.28. The second-order valence-electron chi connectivity index (χ2n) is 5.32. The molecule has 0 N–H and O–H groups in total. The van der Waals surface area contributed by atoms with Gasteiger partial charge in [0.05, 0.1) is 17.5 Å². The summed E-state index contributed by atoms with van der Waals surface area (Å²) in [5.41, 5.74) is 1.31. The summed E-state index contributed by atoms with van der Waals surface area (Å²) in [6.07, 6.45) is 6.52. The Kier molecular flexibility index (Phi) is 3.23. The molecule has 0 radical (unpaired) electrons. The van der Waals surface area contributed by atoms with Crippen molar-refractivity contribution in [2.24, 2.45) is 0 Å². The van der Waals surface area contributed by atoms with Crippen LogP contribution in [0, 0.1) is 11.6 Å². The van der Waals surface area contributed by atoms with Crippen molar-refractivity contribution in [1.82, 2.24) is 14.1 Å². The maximum absolute atomic E-state index is 14.2. The minimum atomic E-state index is -0.701. The van der Waals surface area contributed by atoms with E-state index in [2.05, 4.69) is 4.98 Å². The number of halogens is 2. The SMILES string of the molecule is O=c1ccn(-c2ccc(F)cc2F)c2cc(-n3ccnc3)ccc12. The lowest BCUT2D eigenvalue weighted by molar-refractivity contribution is 0.578. The van der Waals surface area contributed by atoms with Gasteiger partial charge in [0.2, 0.25) is 0 Å². The fourth-order valence-electron chi connectivity index (χ4n) is 2.70. The molecule has 0 bridgehead atoms. The molecule has 2 heterocycles. The van der Waals surface area contributed by atoms with Gasteiger partial charge in [-0.3, -0.25) is 4.79 Å². The van der Waals surface area contributed by atoms with Gasteiger partial charge in [0.25, 0.3) is 0 Å². The number of hydrogen-bond acceptors (Lipinski definition) is 2. The van der Waals surface area contributed by atoms with E-state index < -0.39 is 11.6 Å². The molecule has 118 valence electrons. The number of nitrogens with zero attached hydrogens (tertiary/aromatic N) is 3. The highest BCUT2D eigenvalue weighted by Gasteiger charge is 2.10. The van der Waals surface area contributed by atoms with Crippen LogP contribution in [-0.4, -0.2) is 14.1 Å². The molecule has 0 aliphatic carbocycles. The third-order valence-corrected chi connectivity index (χ3v) is 3.85. The van der Waals surface area contributed by atoms with E-state index in [9.17, 15) is 13.6 Å². The molecule has 0 saturated heterocycles. The Labute approximate surface area is 135 Å². The van der Waals surface area contributed by atoms with Gasteiger partial charge < -0.3 is 9.13 Å². The molecular weight excluding hydrogens is 312 g/mol. The summed E-state index contributed by atoms with van der Waals surface area (Å²) in [7, 11) is 0. The van der Waals surface area contributed by atoms with Crippen LogP contribution < -0.4 is 5.43 Å². The monoisotopic (exact) mass is 323 g/mol. The number of hydrogen-bond donors (Lipinski definition) is 0. The third kappa shape index (κ3) is 2.28. The first kappa shape index (κ1) is 14.3. The topological polar surface area (TPSA) is 39.8 Å². The Morgan fingerprint density at radius 1 is 0.958 bits per heavy atom. The third-order valence-electron chi connectivity index (χ3n) is 3.85. The van der Waals surface area contributed by atoms with Crippen molar-refractivity contribution in [3.05, 3.63) is 89.2 Å². The fraction of sp³-hybridized carbons (Fsp3) is 0. The molecule has 4 nitrogen and oxygen atoms in total. The summed E-state index contributed by atoms with van der Waals surface area (Å²) >= 11 is 0. The predicted octanol–water partition coefficient (Wildman–Crippen LogP) is 3.45. The lowest BCUT2D eigenvalue weighted by atomic mass is 10.1. The average molecular weight is 323 g/mol. The van der Waals surface area contributed by atoms with Crippen LogP contribution in [0.3, 0.4) is 0 Å². The van der Waals surface area contributed by atoms with Gasteiger partial charge in [-0.2, -0.15) is 0 Å². The van der Waals surface area contributed by atoms with E-state index in [-0.39, 0.29) is 11.1 Å². The molecule has 0 unspecified atom stereocenters. The zero-order valence-corrected chi connectivity index (χ0v) is 12.4. The maximum Gasteiger partial charge on any atom is 0.189 e. The van der Waals surface area contributed by atoms with E-state index in [0.29, 0.717) is 10.9 Å². The minimum Gasteiger partial charge on any atom is -0.313 e. The quantitative estimate of drug-likeness (QED) is 0.567. The summed E-state index contributed by atoms with van der Waals surface area (Å²) in [6, 6.07) is 9.95. The van der Waals surface area contributed by atoms with Crippen LogP contribution in [0.4, 0.5) is 8.78 Å². The standard InChI is InChI=1S/C18H11F2N3O/c19-12-1-4-16(15(20)9-12)23-7-5-18(24)14-3-2-13(10-17(14)23)22-8-6-21-11-22/h1-11H. The van der Waals surface area contributed by atoms with Gasteiger partial charge in [-0.25, -0.2) is 13.8 Å². The normalized spacial score (nSPS) is 11.1. The second kappa shape index (κ2) is 5.42. The van der Waals surface area contributed by atoms with Gasteiger partial charge in [-0.15, -0.1) is 0 Å². The molecule has 0 spiro atoms. The summed E-state index contributed by atoms with van der Waals surface area (Å²) in [4.78, 5) is 16.1. The zero-order chi connectivity index (χ0) is 16.7. The molecule has 24 heavy (non-hydrogen) atoms. The molecule has 4 aromatic rings. The van der Waals surface area contributed by atoms with Crippen LogP contribution in [0.25, 0.3) is 22.3 Å². The minimum absolute atomic E-state index is 0.166. The highest BCUT2D eigenvalue weighted by Crippen LogP contribution is 2.22. The van der Waals surface area contributed by atoms with Crippen molar-refractivity contribution < 1.29 is 8.78 Å². The van der Waals surface area contributed by atoms with Crippen LogP contribution in [-0.2, 0) is 0 Å². The highest BCUT2D eigenvalue weighted by molar-refractivity contribution is 5.82. The number of benzene rings is 2. The van der Waals surface area contributed by atoms with Crippen molar-refractivity contribution in [1.29, 1.82) is 0 Å². The van der Waals surface area contributed by atoms with Crippen LogP contribution >= 0.6 is 0 Å². The van der Waals surface area contributed by atoms with Crippen LogP contribution in [0.15, 0.2) is 72.2 Å². The van der Waals surface area contributed by atoms with E-state index in [1.54, 1.807) is 41.5 Å². The lowest BCUT2D eigenvalue weighted by Crippen LogP contribution is -2.08. The Balaban J connectivity index is 2.03. The lowest BCUT2D eigenvalue weighted by Gasteiger charge is -2.13. The molecule has 0 aliphatic heterocycles. The van der Waals surface area contributed by atoms with Crippen LogP contribution in [0.5, 0.6) is 0 Å². The first-order valence-electron chi connectivity index (χ1n) is 7.23. The van der Waals surface area contributed by atoms with Crippen molar-refractivity contribution >= 4 is 10.9 Å². The van der Waals surface area contributed by atoms with Crippen LogP contribution in [0.2, 0.25) is 0 Å². The molecule has 2 aromatic heterocycles. The van der Waals surface area contributed by atoms with E-state index in [0.717, 1.165) is 11.8 Å². The number of aromatic nitrogens is 3. The average Bonchev–Trinajstić information content (AvgIpc) is 3.10. The predicted molar refractivity (Wildman–Crippen MR) is 86.6 cm³/mol. The number of rotatable bonds is 2. The Bertz CT molecular complexity index is 1100. The highest BCUT2D eigenvalue weighted by atomic mass is 19.1.